The van der Waals surface area contributed by atoms with Crippen molar-refractivity contribution in [3.8, 4) is 11.3 Å². The zero-order valence-electron chi connectivity index (χ0n) is 11.0. The van der Waals surface area contributed by atoms with E-state index in [9.17, 15) is 10.1 Å². The van der Waals surface area contributed by atoms with Crippen LogP contribution in [-0.4, -0.2) is 19.5 Å². The SMILES string of the molecule is CC(N)c1nn2cc(-c3ccc([N+](=O)[O-])cc3)nc2s1.Cl. The van der Waals surface area contributed by atoms with Crippen LogP contribution in [0.5, 0.6) is 0 Å². The van der Waals surface area contributed by atoms with Gasteiger partial charge in [0.25, 0.3) is 5.69 Å². The van der Waals surface area contributed by atoms with Crippen molar-refractivity contribution in [3.63, 3.8) is 0 Å². The van der Waals surface area contributed by atoms with Crippen molar-refractivity contribution in [2.45, 2.75) is 13.0 Å². The molecule has 0 saturated heterocycles. The molecule has 0 radical (unpaired) electrons. The van der Waals surface area contributed by atoms with Crippen molar-refractivity contribution >= 4 is 34.4 Å². The molecule has 0 aliphatic carbocycles. The van der Waals surface area contributed by atoms with Gasteiger partial charge in [-0.2, -0.15) is 5.10 Å². The van der Waals surface area contributed by atoms with E-state index in [1.807, 2.05) is 6.92 Å². The molecule has 3 rings (SSSR count). The molecule has 3 aromatic rings. The monoisotopic (exact) mass is 325 g/mol. The Labute approximate surface area is 130 Å². The van der Waals surface area contributed by atoms with Crippen LogP contribution in [0.4, 0.5) is 5.69 Å². The number of aromatic nitrogens is 3. The number of imidazole rings is 1. The number of nitrogens with two attached hydrogens (primary N) is 1. The summed E-state index contributed by atoms with van der Waals surface area (Å²) in [4.78, 5) is 15.4. The Hall–Kier alpha value is -2.03. The van der Waals surface area contributed by atoms with E-state index in [0.717, 1.165) is 21.2 Å². The van der Waals surface area contributed by atoms with Gasteiger partial charge in [0.15, 0.2) is 0 Å². The van der Waals surface area contributed by atoms with Crippen molar-refractivity contribution < 1.29 is 4.92 Å². The number of nitrogens with zero attached hydrogens (tertiary/aromatic N) is 4. The molecule has 7 nitrogen and oxygen atoms in total. The number of fused-ring (bicyclic) bond motifs is 1. The number of hydrogen-bond acceptors (Lipinski definition) is 6. The van der Waals surface area contributed by atoms with Crippen LogP contribution in [0, 0.1) is 10.1 Å². The predicted octanol–water partition coefficient (Wildman–Crippen LogP) is 2.81. The summed E-state index contributed by atoms with van der Waals surface area (Å²) in [7, 11) is 0. The standard InChI is InChI=1S/C12H11N5O2S.ClH/c1-7(13)11-15-16-6-10(14-12(16)20-11)8-2-4-9(5-3-8)17(18)19;/h2-7H,13H2,1H3;1H. The molecule has 1 aromatic carbocycles. The number of rotatable bonds is 3. The molecule has 0 fully saturated rings. The molecule has 0 amide bonds. The molecule has 0 aliphatic rings. The topological polar surface area (TPSA) is 99.3 Å². The van der Waals surface area contributed by atoms with Gasteiger partial charge in [-0.05, 0) is 19.1 Å². The quantitative estimate of drug-likeness (QED) is 0.589. The zero-order chi connectivity index (χ0) is 14.3. The van der Waals surface area contributed by atoms with Crippen LogP contribution in [-0.2, 0) is 0 Å². The first-order valence-corrected chi connectivity index (χ1v) is 6.73. The van der Waals surface area contributed by atoms with Gasteiger partial charge in [0.1, 0.15) is 5.01 Å². The highest BCUT2D eigenvalue weighted by Gasteiger charge is 2.12. The van der Waals surface area contributed by atoms with Crippen molar-refractivity contribution in [3.05, 3.63) is 45.6 Å². The molecule has 0 saturated carbocycles. The highest BCUT2D eigenvalue weighted by Crippen LogP contribution is 2.25. The van der Waals surface area contributed by atoms with E-state index in [1.165, 1.54) is 23.5 Å². The van der Waals surface area contributed by atoms with Crippen molar-refractivity contribution in [1.29, 1.82) is 0 Å². The van der Waals surface area contributed by atoms with E-state index in [-0.39, 0.29) is 24.1 Å². The van der Waals surface area contributed by atoms with Crippen LogP contribution >= 0.6 is 23.7 Å². The Morgan fingerprint density at radius 3 is 2.57 bits per heavy atom. The lowest BCUT2D eigenvalue weighted by molar-refractivity contribution is -0.384. The second-order valence-corrected chi connectivity index (χ2v) is 5.37. The fourth-order valence-corrected chi connectivity index (χ4v) is 2.63. The molecular weight excluding hydrogens is 314 g/mol. The smallest absolute Gasteiger partial charge is 0.269 e. The minimum Gasteiger partial charge on any atom is -0.322 e. The summed E-state index contributed by atoms with van der Waals surface area (Å²) in [5.41, 5.74) is 7.38. The third kappa shape index (κ3) is 2.87. The second kappa shape index (κ2) is 5.76. The normalized spacial score (nSPS) is 12.1. The predicted molar refractivity (Wildman–Crippen MR) is 82.8 cm³/mol. The molecular formula is C12H12ClN5O2S. The van der Waals surface area contributed by atoms with Gasteiger partial charge >= 0.3 is 0 Å². The van der Waals surface area contributed by atoms with Crippen molar-refractivity contribution in [2.75, 3.05) is 0 Å². The maximum Gasteiger partial charge on any atom is 0.269 e. The third-order valence-corrected chi connectivity index (χ3v) is 3.95. The molecule has 21 heavy (non-hydrogen) atoms. The van der Waals surface area contributed by atoms with Gasteiger partial charge < -0.3 is 5.73 Å². The van der Waals surface area contributed by atoms with E-state index in [4.69, 9.17) is 5.73 Å². The van der Waals surface area contributed by atoms with Gasteiger partial charge in [-0.3, -0.25) is 10.1 Å². The van der Waals surface area contributed by atoms with Gasteiger partial charge in [-0.15, -0.1) is 12.4 Å². The van der Waals surface area contributed by atoms with E-state index in [0.29, 0.717) is 0 Å². The number of benzene rings is 1. The molecule has 0 aliphatic heterocycles. The van der Waals surface area contributed by atoms with E-state index >= 15 is 0 Å². The lowest BCUT2D eigenvalue weighted by atomic mass is 10.1. The van der Waals surface area contributed by atoms with Crippen LogP contribution in [0.2, 0.25) is 0 Å². The Bertz CT molecular complexity index is 749. The van der Waals surface area contributed by atoms with Gasteiger partial charge in [0.2, 0.25) is 4.96 Å². The maximum absolute atomic E-state index is 10.6. The highest BCUT2D eigenvalue weighted by molar-refractivity contribution is 7.16. The first-order valence-electron chi connectivity index (χ1n) is 5.91. The Morgan fingerprint density at radius 1 is 1.38 bits per heavy atom. The van der Waals surface area contributed by atoms with Crippen LogP contribution in [0.25, 0.3) is 16.2 Å². The molecule has 1 atom stereocenters. The third-order valence-electron chi connectivity index (χ3n) is 2.82. The van der Waals surface area contributed by atoms with Gasteiger partial charge in [0.05, 0.1) is 22.9 Å². The molecule has 1 unspecified atom stereocenters. The number of hydrogen-bond donors (Lipinski definition) is 1. The molecule has 2 aromatic heterocycles. The van der Waals surface area contributed by atoms with Crippen LogP contribution < -0.4 is 5.73 Å². The number of nitro groups is 1. The van der Waals surface area contributed by atoms with Crippen molar-refractivity contribution in [2.24, 2.45) is 5.73 Å². The van der Waals surface area contributed by atoms with Crippen LogP contribution in [0.3, 0.4) is 0 Å². The summed E-state index contributed by atoms with van der Waals surface area (Å²) in [6.07, 6.45) is 1.79. The molecule has 0 bridgehead atoms. The lowest BCUT2D eigenvalue weighted by Crippen LogP contribution is -2.04. The fourth-order valence-electron chi connectivity index (χ4n) is 1.79. The summed E-state index contributed by atoms with van der Waals surface area (Å²) in [5, 5.41) is 15.8. The average Bonchev–Trinajstić information content (AvgIpc) is 2.96. The minimum atomic E-state index is -0.425. The van der Waals surface area contributed by atoms with Crippen molar-refractivity contribution in [1.82, 2.24) is 14.6 Å². The lowest BCUT2D eigenvalue weighted by Gasteiger charge is -1.97. The molecule has 110 valence electrons. The highest BCUT2D eigenvalue weighted by atomic mass is 35.5. The maximum atomic E-state index is 10.6. The van der Waals surface area contributed by atoms with Crippen LogP contribution in [0.15, 0.2) is 30.5 Å². The average molecular weight is 326 g/mol. The zero-order valence-corrected chi connectivity index (χ0v) is 12.6. The Balaban J connectivity index is 0.00000161. The van der Waals surface area contributed by atoms with E-state index in [2.05, 4.69) is 10.1 Å². The molecule has 2 N–H and O–H groups in total. The summed E-state index contributed by atoms with van der Waals surface area (Å²) < 4.78 is 1.68. The minimum absolute atomic E-state index is 0. The van der Waals surface area contributed by atoms with Gasteiger partial charge in [-0.1, -0.05) is 11.3 Å². The second-order valence-electron chi connectivity index (χ2n) is 4.39. The number of halogens is 1. The molecule has 2 heterocycles. The largest absolute Gasteiger partial charge is 0.322 e. The van der Waals surface area contributed by atoms with E-state index in [1.54, 1.807) is 22.8 Å². The van der Waals surface area contributed by atoms with Gasteiger partial charge in [-0.25, -0.2) is 9.50 Å². The summed E-state index contributed by atoms with van der Waals surface area (Å²) in [6.45, 7) is 1.87. The van der Waals surface area contributed by atoms with E-state index < -0.39 is 4.92 Å². The first kappa shape index (κ1) is 15.4. The molecule has 0 spiro atoms. The van der Waals surface area contributed by atoms with Gasteiger partial charge in [0, 0.05) is 17.7 Å². The fraction of sp³-hybridized carbons (Fsp3) is 0.167. The summed E-state index contributed by atoms with van der Waals surface area (Å²) >= 11 is 1.44. The summed E-state index contributed by atoms with van der Waals surface area (Å²) in [6, 6.07) is 6.16. The Kier molecular flexibility index (Phi) is 4.21. The number of nitro benzene ring substituents is 1. The summed E-state index contributed by atoms with van der Waals surface area (Å²) in [5.74, 6) is 0. The number of non-ortho nitro benzene ring substituents is 1. The van der Waals surface area contributed by atoms with Crippen LogP contribution in [0.1, 0.15) is 18.0 Å². The first-order chi connectivity index (χ1) is 9.54. The Morgan fingerprint density at radius 2 is 2.05 bits per heavy atom. The molecule has 9 heteroatoms.